The van der Waals surface area contributed by atoms with Gasteiger partial charge in [0.05, 0.1) is 30.6 Å². The van der Waals surface area contributed by atoms with Crippen LogP contribution in [0, 0.1) is 11.6 Å². The van der Waals surface area contributed by atoms with E-state index in [1.54, 1.807) is 46.4 Å². The standard InChI is InChI=1S/C24H20F2N6O2/c25-16-3-5-18(23-27-8-1-9-28-23)19(13-16)24(33)32-10-2-12-34-22(32)15-31-11-7-21(30-31)20-6-4-17(26)14-29-20/h1,3-9,11,13-14,22H,2,10,12,15H2. The Morgan fingerprint density at radius 1 is 1.03 bits per heavy atom. The molecule has 0 bridgehead atoms. The van der Waals surface area contributed by atoms with Gasteiger partial charge in [0.25, 0.3) is 5.91 Å². The van der Waals surface area contributed by atoms with Gasteiger partial charge >= 0.3 is 0 Å². The van der Waals surface area contributed by atoms with Crippen molar-refractivity contribution in [1.29, 1.82) is 0 Å². The summed E-state index contributed by atoms with van der Waals surface area (Å²) in [5, 5.41) is 4.48. The van der Waals surface area contributed by atoms with Gasteiger partial charge in [-0.1, -0.05) is 0 Å². The molecule has 3 aromatic heterocycles. The molecule has 1 aliphatic rings. The smallest absolute Gasteiger partial charge is 0.256 e. The van der Waals surface area contributed by atoms with E-state index in [2.05, 4.69) is 20.1 Å². The summed E-state index contributed by atoms with van der Waals surface area (Å²) in [4.78, 5) is 27.6. The van der Waals surface area contributed by atoms with Crippen LogP contribution in [0.2, 0.25) is 0 Å². The van der Waals surface area contributed by atoms with Crippen molar-refractivity contribution in [2.24, 2.45) is 0 Å². The fourth-order valence-corrected chi connectivity index (χ4v) is 3.84. The van der Waals surface area contributed by atoms with Crippen molar-refractivity contribution in [2.45, 2.75) is 19.2 Å². The van der Waals surface area contributed by atoms with Gasteiger partial charge in [-0.25, -0.2) is 18.7 Å². The minimum absolute atomic E-state index is 0.165. The van der Waals surface area contributed by atoms with Gasteiger partial charge in [-0.05, 0) is 48.9 Å². The molecule has 1 amide bonds. The summed E-state index contributed by atoms with van der Waals surface area (Å²) in [6, 6.07) is 10.3. The Balaban J connectivity index is 1.40. The van der Waals surface area contributed by atoms with Gasteiger partial charge in [0.2, 0.25) is 0 Å². The van der Waals surface area contributed by atoms with Gasteiger partial charge in [-0.3, -0.25) is 14.5 Å². The molecule has 10 heteroatoms. The molecule has 4 heterocycles. The van der Waals surface area contributed by atoms with Crippen LogP contribution in [-0.4, -0.2) is 54.9 Å². The van der Waals surface area contributed by atoms with Gasteiger partial charge in [0, 0.05) is 30.7 Å². The van der Waals surface area contributed by atoms with Crippen LogP contribution in [0.4, 0.5) is 8.78 Å². The predicted octanol–water partition coefficient (Wildman–Crippen LogP) is 3.57. The van der Waals surface area contributed by atoms with E-state index in [0.29, 0.717) is 42.3 Å². The van der Waals surface area contributed by atoms with E-state index >= 15 is 0 Å². The first-order valence-corrected chi connectivity index (χ1v) is 10.7. The highest BCUT2D eigenvalue weighted by atomic mass is 19.1. The van der Waals surface area contributed by atoms with Gasteiger partial charge in [0.1, 0.15) is 17.3 Å². The maximum absolute atomic E-state index is 14.1. The summed E-state index contributed by atoms with van der Waals surface area (Å²) >= 11 is 0. The molecule has 1 unspecified atom stereocenters. The van der Waals surface area contributed by atoms with E-state index in [1.165, 1.54) is 24.3 Å². The van der Waals surface area contributed by atoms with Crippen molar-refractivity contribution < 1.29 is 18.3 Å². The number of amides is 1. The molecule has 1 aliphatic heterocycles. The Labute approximate surface area is 193 Å². The molecule has 5 rings (SSSR count). The van der Waals surface area contributed by atoms with Crippen molar-refractivity contribution in [1.82, 2.24) is 29.6 Å². The van der Waals surface area contributed by atoms with E-state index in [4.69, 9.17) is 4.74 Å². The first-order chi connectivity index (χ1) is 16.6. The molecule has 1 saturated heterocycles. The van der Waals surface area contributed by atoms with Crippen LogP contribution < -0.4 is 0 Å². The van der Waals surface area contributed by atoms with Crippen LogP contribution in [0.3, 0.4) is 0 Å². The molecular formula is C24H20F2N6O2. The quantitative estimate of drug-likeness (QED) is 0.451. The summed E-state index contributed by atoms with van der Waals surface area (Å²) in [5.41, 5.74) is 1.71. The van der Waals surface area contributed by atoms with Gasteiger partial charge in [-0.15, -0.1) is 0 Å². The second-order valence-electron chi connectivity index (χ2n) is 7.72. The Kier molecular flexibility index (Phi) is 6.05. The van der Waals surface area contributed by atoms with Crippen molar-refractivity contribution in [2.75, 3.05) is 13.2 Å². The van der Waals surface area contributed by atoms with E-state index in [9.17, 15) is 13.6 Å². The highest BCUT2D eigenvalue weighted by molar-refractivity contribution is 6.00. The maximum Gasteiger partial charge on any atom is 0.256 e. The van der Waals surface area contributed by atoms with Gasteiger partial charge in [0.15, 0.2) is 12.1 Å². The monoisotopic (exact) mass is 462 g/mol. The molecular weight excluding hydrogens is 442 g/mol. The van der Waals surface area contributed by atoms with Gasteiger partial charge < -0.3 is 9.64 Å². The van der Waals surface area contributed by atoms with Crippen LogP contribution in [0.1, 0.15) is 16.8 Å². The largest absolute Gasteiger partial charge is 0.356 e. The first-order valence-electron chi connectivity index (χ1n) is 10.7. The molecule has 0 aliphatic carbocycles. The van der Waals surface area contributed by atoms with Crippen LogP contribution in [0.25, 0.3) is 22.8 Å². The SMILES string of the molecule is O=C(c1cc(F)ccc1-c1ncccn1)N1CCCOC1Cn1ccc(-c2ccc(F)cn2)n1. The topological polar surface area (TPSA) is 86.0 Å². The fraction of sp³-hybridized carbons (Fsp3) is 0.208. The number of aromatic nitrogens is 5. The number of nitrogens with zero attached hydrogens (tertiary/aromatic N) is 6. The lowest BCUT2D eigenvalue weighted by Crippen LogP contribution is -2.48. The lowest BCUT2D eigenvalue weighted by atomic mass is 10.0. The van der Waals surface area contributed by atoms with Crippen LogP contribution in [0.15, 0.2) is 67.3 Å². The third-order valence-electron chi connectivity index (χ3n) is 5.45. The number of carbonyl (C=O) groups excluding carboxylic acids is 1. The third kappa shape index (κ3) is 4.53. The highest BCUT2D eigenvalue weighted by Gasteiger charge is 2.31. The summed E-state index contributed by atoms with van der Waals surface area (Å²) in [5.74, 6) is -0.991. The zero-order valence-corrected chi connectivity index (χ0v) is 18.0. The van der Waals surface area contributed by atoms with Gasteiger partial charge in [-0.2, -0.15) is 5.10 Å². The van der Waals surface area contributed by atoms with E-state index in [-0.39, 0.29) is 18.0 Å². The normalized spacial score (nSPS) is 15.9. The van der Waals surface area contributed by atoms with E-state index < -0.39 is 17.9 Å². The summed E-state index contributed by atoms with van der Waals surface area (Å²) in [7, 11) is 0. The molecule has 1 aromatic carbocycles. The first kappa shape index (κ1) is 21.8. The zero-order chi connectivity index (χ0) is 23.5. The number of halogens is 2. The molecule has 0 radical (unpaired) electrons. The second kappa shape index (κ2) is 9.44. The Bertz CT molecular complexity index is 1300. The molecule has 1 atom stereocenters. The number of hydrogen-bond acceptors (Lipinski definition) is 6. The molecule has 34 heavy (non-hydrogen) atoms. The van der Waals surface area contributed by atoms with E-state index in [0.717, 1.165) is 6.20 Å². The third-order valence-corrected chi connectivity index (χ3v) is 5.45. The summed E-state index contributed by atoms with van der Waals surface area (Å²) < 4.78 is 34.8. The van der Waals surface area contributed by atoms with Crippen LogP contribution in [-0.2, 0) is 11.3 Å². The van der Waals surface area contributed by atoms with Crippen molar-refractivity contribution in [3.63, 3.8) is 0 Å². The van der Waals surface area contributed by atoms with E-state index in [1.807, 2.05) is 0 Å². The minimum Gasteiger partial charge on any atom is -0.356 e. The Morgan fingerprint density at radius 2 is 1.85 bits per heavy atom. The summed E-state index contributed by atoms with van der Waals surface area (Å²) in [6.07, 6.45) is 6.05. The van der Waals surface area contributed by atoms with Crippen LogP contribution in [0.5, 0.6) is 0 Å². The van der Waals surface area contributed by atoms with Crippen molar-refractivity contribution in [3.05, 3.63) is 84.4 Å². The predicted molar refractivity (Wildman–Crippen MR) is 118 cm³/mol. The summed E-state index contributed by atoms with van der Waals surface area (Å²) in [6.45, 7) is 1.20. The van der Waals surface area contributed by atoms with Crippen molar-refractivity contribution in [3.8, 4) is 22.8 Å². The average Bonchev–Trinajstić information content (AvgIpc) is 3.33. The molecule has 0 spiro atoms. The number of carbonyl (C=O) groups is 1. The average molecular weight is 462 g/mol. The Morgan fingerprint density at radius 3 is 2.65 bits per heavy atom. The number of rotatable bonds is 5. The molecule has 0 N–H and O–H groups in total. The maximum atomic E-state index is 14.1. The van der Waals surface area contributed by atoms with Crippen molar-refractivity contribution >= 4 is 5.91 Å². The minimum atomic E-state index is -0.608. The molecule has 0 saturated carbocycles. The Hall–Kier alpha value is -4.05. The number of ether oxygens (including phenoxy) is 1. The second-order valence-corrected chi connectivity index (χ2v) is 7.72. The fourth-order valence-electron chi connectivity index (χ4n) is 3.84. The molecule has 1 fully saturated rings. The molecule has 172 valence electrons. The van der Waals surface area contributed by atoms with Crippen LogP contribution >= 0.6 is 0 Å². The lowest BCUT2D eigenvalue weighted by molar-refractivity contribution is -0.0860. The molecule has 8 nitrogen and oxygen atoms in total. The number of benzene rings is 1. The zero-order valence-electron chi connectivity index (χ0n) is 18.0. The molecule has 4 aromatic rings. The number of hydrogen-bond donors (Lipinski definition) is 0. The number of pyridine rings is 1. The highest BCUT2D eigenvalue weighted by Crippen LogP contribution is 2.25. The lowest BCUT2D eigenvalue weighted by Gasteiger charge is -2.36.